The molecule has 0 spiro atoms. The number of fused-ring (bicyclic) bond motifs is 1. The van der Waals surface area contributed by atoms with Crippen molar-refractivity contribution < 1.29 is 4.79 Å². The van der Waals surface area contributed by atoms with Crippen molar-refractivity contribution in [3.05, 3.63) is 42.1 Å². The van der Waals surface area contributed by atoms with Crippen LogP contribution in [0.4, 0.5) is 0 Å². The molecule has 4 heteroatoms. The Hall–Kier alpha value is -1.94. The summed E-state index contributed by atoms with van der Waals surface area (Å²) in [6.07, 6.45) is 3.44. The highest BCUT2D eigenvalue weighted by Gasteiger charge is 2.14. The van der Waals surface area contributed by atoms with E-state index in [0.717, 1.165) is 23.9 Å². The van der Waals surface area contributed by atoms with Gasteiger partial charge in [0.15, 0.2) is 0 Å². The largest absolute Gasteiger partial charge is 0.351 e. The van der Waals surface area contributed by atoms with Crippen LogP contribution in [0.25, 0.3) is 10.9 Å². The number of pyridine rings is 1. The Morgan fingerprint density at radius 2 is 2.20 bits per heavy atom. The fraction of sp³-hybridized carbons (Fsp3) is 0.375. The van der Waals surface area contributed by atoms with Crippen LogP contribution in [0.2, 0.25) is 0 Å². The number of hydrogen-bond acceptors (Lipinski definition) is 3. The van der Waals surface area contributed by atoms with Gasteiger partial charge in [-0.2, -0.15) is 0 Å². The van der Waals surface area contributed by atoms with Crippen LogP contribution in [0, 0.1) is 0 Å². The first-order valence-electron chi connectivity index (χ1n) is 7.20. The Morgan fingerprint density at radius 3 is 3.05 bits per heavy atom. The molecule has 2 aromatic rings. The SMILES string of the molecule is O=C(NCC[C@H]1CCCN1)c1ccc2ccccc2n1. The number of nitrogens with zero attached hydrogens (tertiary/aromatic N) is 1. The molecule has 1 fully saturated rings. The zero-order valence-corrected chi connectivity index (χ0v) is 11.4. The van der Waals surface area contributed by atoms with Crippen LogP contribution in [0.1, 0.15) is 29.8 Å². The number of carbonyl (C=O) groups is 1. The number of hydrogen-bond donors (Lipinski definition) is 2. The number of benzene rings is 1. The monoisotopic (exact) mass is 269 g/mol. The lowest BCUT2D eigenvalue weighted by Crippen LogP contribution is -2.31. The Labute approximate surface area is 118 Å². The first kappa shape index (κ1) is 13.1. The Kier molecular flexibility index (Phi) is 3.92. The van der Waals surface area contributed by atoms with Crippen molar-refractivity contribution in [1.29, 1.82) is 0 Å². The number of carbonyl (C=O) groups excluding carboxylic acids is 1. The standard InChI is InChI=1S/C16H19N3O/c20-16(18-11-9-13-5-3-10-17-13)15-8-7-12-4-1-2-6-14(12)19-15/h1-2,4,6-8,13,17H,3,5,9-11H2,(H,18,20)/t13-/m1/s1. The molecule has 1 aromatic carbocycles. The molecule has 0 saturated carbocycles. The summed E-state index contributed by atoms with van der Waals surface area (Å²) in [6.45, 7) is 1.80. The van der Waals surface area contributed by atoms with E-state index in [0.29, 0.717) is 18.3 Å². The van der Waals surface area contributed by atoms with Gasteiger partial charge in [-0.05, 0) is 37.9 Å². The van der Waals surface area contributed by atoms with E-state index in [2.05, 4.69) is 15.6 Å². The second-order valence-electron chi connectivity index (χ2n) is 5.23. The van der Waals surface area contributed by atoms with Gasteiger partial charge in [-0.1, -0.05) is 24.3 Å². The van der Waals surface area contributed by atoms with E-state index in [-0.39, 0.29) is 5.91 Å². The first-order valence-corrected chi connectivity index (χ1v) is 7.20. The lowest BCUT2D eigenvalue weighted by molar-refractivity contribution is 0.0947. The predicted octanol–water partition coefficient (Wildman–Crippen LogP) is 2.11. The molecule has 2 heterocycles. The van der Waals surface area contributed by atoms with Crippen molar-refractivity contribution in [2.45, 2.75) is 25.3 Å². The highest BCUT2D eigenvalue weighted by Crippen LogP contribution is 2.12. The fourth-order valence-corrected chi connectivity index (χ4v) is 2.65. The average Bonchev–Trinajstić information content (AvgIpc) is 3.00. The van der Waals surface area contributed by atoms with Gasteiger partial charge in [-0.3, -0.25) is 4.79 Å². The van der Waals surface area contributed by atoms with Crippen molar-refractivity contribution >= 4 is 16.8 Å². The first-order chi connectivity index (χ1) is 9.83. The lowest BCUT2D eigenvalue weighted by atomic mass is 10.1. The Balaban J connectivity index is 1.60. The topological polar surface area (TPSA) is 54.0 Å². The molecule has 2 N–H and O–H groups in total. The van der Waals surface area contributed by atoms with Crippen LogP contribution < -0.4 is 10.6 Å². The molecule has 0 aliphatic carbocycles. The number of para-hydroxylation sites is 1. The van der Waals surface area contributed by atoms with Crippen LogP contribution in [0.3, 0.4) is 0 Å². The molecule has 104 valence electrons. The van der Waals surface area contributed by atoms with E-state index in [1.54, 1.807) is 6.07 Å². The fourth-order valence-electron chi connectivity index (χ4n) is 2.65. The maximum absolute atomic E-state index is 12.1. The molecule has 1 saturated heterocycles. The third kappa shape index (κ3) is 2.96. The highest BCUT2D eigenvalue weighted by atomic mass is 16.1. The molecular formula is C16H19N3O. The van der Waals surface area contributed by atoms with E-state index in [1.165, 1.54) is 12.8 Å². The van der Waals surface area contributed by atoms with Crippen molar-refractivity contribution in [2.24, 2.45) is 0 Å². The predicted molar refractivity (Wildman–Crippen MR) is 79.7 cm³/mol. The summed E-state index contributed by atoms with van der Waals surface area (Å²) < 4.78 is 0. The molecule has 1 atom stereocenters. The van der Waals surface area contributed by atoms with Gasteiger partial charge >= 0.3 is 0 Å². The smallest absolute Gasteiger partial charge is 0.269 e. The van der Waals surface area contributed by atoms with Crippen LogP contribution in [0.15, 0.2) is 36.4 Å². The van der Waals surface area contributed by atoms with Gasteiger partial charge in [0, 0.05) is 18.0 Å². The maximum Gasteiger partial charge on any atom is 0.269 e. The normalized spacial score (nSPS) is 18.3. The molecule has 1 aromatic heterocycles. The summed E-state index contributed by atoms with van der Waals surface area (Å²) in [7, 11) is 0. The number of nitrogens with one attached hydrogen (secondary N) is 2. The number of aromatic nitrogens is 1. The molecule has 1 aliphatic heterocycles. The second-order valence-corrected chi connectivity index (χ2v) is 5.23. The molecule has 0 unspecified atom stereocenters. The summed E-state index contributed by atoms with van der Waals surface area (Å²) in [4.78, 5) is 16.5. The summed E-state index contributed by atoms with van der Waals surface area (Å²) in [5.74, 6) is -0.0891. The summed E-state index contributed by atoms with van der Waals surface area (Å²) in [5, 5.41) is 7.43. The van der Waals surface area contributed by atoms with Gasteiger partial charge < -0.3 is 10.6 Å². The zero-order chi connectivity index (χ0) is 13.8. The van der Waals surface area contributed by atoms with E-state index in [9.17, 15) is 4.79 Å². The molecule has 1 amide bonds. The lowest BCUT2D eigenvalue weighted by Gasteiger charge is -2.10. The molecule has 4 nitrogen and oxygen atoms in total. The van der Waals surface area contributed by atoms with Crippen molar-refractivity contribution in [3.63, 3.8) is 0 Å². The summed E-state index contributed by atoms with van der Waals surface area (Å²) in [5.41, 5.74) is 1.35. The molecule has 3 rings (SSSR count). The van der Waals surface area contributed by atoms with Crippen LogP contribution in [-0.2, 0) is 0 Å². The maximum atomic E-state index is 12.1. The van der Waals surface area contributed by atoms with Gasteiger partial charge in [0.05, 0.1) is 5.52 Å². The molecule has 20 heavy (non-hydrogen) atoms. The molecule has 0 bridgehead atoms. The Morgan fingerprint density at radius 1 is 1.30 bits per heavy atom. The summed E-state index contributed by atoms with van der Waals surface area (Å²) in [6, 6.07) is 12.1. The van der Waals surface area contributed by atoms with Crippen molar-refractivity contribution in [2.75, 3.05) is 13.1 Å². The highest BCUT2D eigenvalue weighted by molar-refractivity contribution is 5.94. The van der Waals surface area contributed by atoms with Crippen LogP contribution >= 0.6 is 0 Å². The minimum absolute atomic E-state index is 0.0891. The minimum Gasteiger partial charge on any atom is -0.351 e. The molecule has 0 radical (unpaired) electrons. The van der Waals surface area contributed by atoms with E-state index < -0.39 is 0 Å². The van der Waals surface area contributed by atoms with E-state index in [1.807, 2.05) is 30.3 Å². The van der Waals surface area contributed by atoms with E-state index in [4.69, 9.17) is 0 Å². The molecule has 1 aliphatic rings. The quantitative estimate of drug-likeness (QED) is 0.893. The number of rotatable bonds is 4. The third-order valence-electron chi connectivity index (χ3n) is 3.77. The zero-order valence-electron chi connectivity index (χ0n) is 11.4. The second kappa shape index (κ2) is 6.01. The van der Waals surface area contributed by atoms with Gasteiger partial charge in [0.25, 0.3) is 5.91 Å². The summed E-state index contributed by atoms with van der Waals surface area (Å²) >= 11 is 0. The average molecular weight is 269 g/mol. The van der Waals surface area contributed by atoms with Crippen molar-refractivity contribution in [1.82, 2.24) is 15.6 Å². The van der Waals surface area contributed by atoms with E-state index >= 15 is 0 Å². The van der Waals surface area contributed by atoms with Gasteiger partial charge in [0.2, 0.25) is 0 Å². The third-order valence-corrected chi connectivity index (χ3v) is 3.77. The number of amides is 1. The molecular weight excluding hydrogens is 250 g/mol. The van der Waals surface area contributed by atoms with Gasteiger partial charge in [-0.15, -0.1) is 0 Å². The van der Waals surface area contributed by atoms with Gasteiger partial charge in [-0.25, -0.2) is 4.98 Å². The minimum atomic E-state index is -0.0891. The van der Waals surface area contributed by atoms with Crippen LogP contribution in [0.5, 0.6) is 0 Å². The Bertz CT molecular complexity index is 605. The van der Waals surface area contributed by atoms with Crippen LogP contribution in [-0.4, -0.2) is 30.0 Å². The van der Waals surface area contributed by atoms with Crippen molar-refractivity contribution in [3.8, 4) is 0 Å². The van der Waals surface area contributed by atoms with Gasteiger partial charge in [0.1, 0.15) is 5.69 Å².